The van der Waals surface area contributed by atoms with Gasteiger partial charge in [0, 0.05) is 23.5 Å². The van der Waals surface area contributed by atoms with Crippen molar-refractivity contribution in [1.82, 2.24) is 4.90 Å². The minimum Gasteiger partial charge on any atom is -0.366 e. The molecule has 1 saturated carbocycles. The number of rotatable bonds is 5. The van der Waals surface area contributed by atoms with E-state index in [1.165, 1.54) is 19.3 Å². The fourth-order valence-electron chi connectivity index (χ4n) is 1.76. The zero-order valence-corrected chi connectivity index (χ0v) is 10.5. The summed E-state index contributed by atoms with van der Waals surface area (Å²) in [6.07, 6.45) is 8.91. The summed E-state index contributed by atoms with van der Waals surface area (Å²) in [6.45, 7) is 5.87. The van der Waals surface area contributed by atoms with Gasteiger partial charge in [0.05, 0.1) is 0 Å². The fraction of sp³-hybridized carbons (Fsp3) is 0.615. The Morgan fingerprint density at radius 2 is 2.06 bits per heavy atom. The minimum absolute atomic E-state index is 0.327. The predicted molar refractivity (Wildman–Crippen MR) is 66.5 cm³/mol. The first-order chi connectivity index (χ1) is 7.57. The second-order valence-electron chi connectivity index (χ2n) is 4.36. The van der Waals surface area contributed by atoms with Crippen LogP contribution in [0.3, 0.4) is 0 Å². The van der Waals surface area contributed by atoms with Crippen molar-refractivity contribution in [1.29, 1.82) is 0 Å². The molecule has 1 aliphatic rings. The van der Waals surface area contributed by atoms with Gasteiger partial charge in [-0.25, -0.2) is 0 Å². The fourth-order valence-corrected chi connectivity index (χ4v) is 1.76. The maximum absolute atomic E-state index is 11.2. The summed E-state index contributed by atoms with van der Waals surface area (Å²) in [5.41, 5.74) is 6.96. The van der Waals surface area contributed by atoms with Crippen LogP contribution in [0.2, 0.25) is 0 Å². The Hall–Kier alpha value is -1.25. The molecule has 0 aliphatic heterocycles. The Morgan fingerprint density at radius 3 is 2.44 bits per heavy atom. The highest BCUT2D eigenvalue weighted by molar-refractivity contribution is 5.91. The van der Waals surface area contributed by atoms with E-state index in [-0.39, 0.29) is 5.91 Å². The van der Waals surface area contributed by atoms with Crippen LogP contribution in [-0.2, 0) is 4.79 Å². The summed E-state index contributed by atoms with van der Waals surface area (Å²) in [7, 11) is 0. The molecule has 0 saturated heterocycles. The number of primary amides is 1. The standard InChI is InChI=1S/C13H22N2O/c1-4-5-9-15(12-7-6-8-12)11(3)10(2)13(14)16/h5,9,12H,4,6-8H2,1-3H3,(H2,14,16). The first-order valence-corrected chi connectivity index (χ1v) is 6.00. The summed E-state index contributed by atoms with van der Waals surface area (Å²) in [4.78, 5) is 13.4. The molecule has 3 heteroatoms. The van der Waals surface area contributed by atoms with Crippen molar-refractivity contribution in [2.45, 2.75) is 52.5 Å². The van der Waals surface area contributed by atoms with E-state index >= 15 is 0 Å². The maximum atomic E-state index is 11.2. The average molecular weight is 222 g/mol. The molecule has 0 atom stereocenters. The molecule has 0 aromatic rings. The highest BCUT2D eigenvalue weighted by atomic mass is 16.1. The Bertz CT molecular complexity index is 314. The molecule has 16 heavy (non-hydrogen) atoms. The van der Waals surface area contributed by atoms with Gasteiger partial charge in [-0.15, -0.1) is 0 Å². The summed E-state index contributed by atoms with van der Waals surface area (Å²) < 4.78 is 0. The van der Waals surface area contributed by atoms with Gasteiger partial charge >= 0.3 is 0 Å². The third-order valence-electron chi connectivity index (χ3n) is 3.27. The lowest BCUT2D eigenvalue weighted by atomic mass is 9.91. The summed E-state index contributed by atoms with van der Waals surface area (Å²) in [5.74, 6) is -0.327. The summed E-state index contributed by atoms with van der Waals surface area (Å²) >= 11 is 0. The largest absolute Gasteiger partial charge is 0.366 e. The van der Waals surface area contributed by atoms with Crippen LogP contribution in [0.15, 0.2) is 23.5 Å². The lowest BCUT2D eigenvalue weighted by Crippen LogP contribution is -2.36. The van der Waals surface area contributed by atoms with Crippen molar-refractivity contribution in [3.8, 4) is 0 Å². The Balaban J connectivity index is 2.86. The highest BCUT2D eigenvalue weighted by Gasteiger charge is 2.24. The number of carbonyl (C=O) groups is 1. The summed E-state index contributed by atoms with van der Waals surface area (Å²) in [6, 6.07) is 0.553. The molecule has 1 rings (SSSR count). The zero-order chi connectivity index (χ0) is 12.1. The number of allylic oxidation sites excluding steroid dienone is 2. The molecule has 1 aliphatic carbocycles. The number of hydrogen-bond acceptors (Lipinski definition) is 2. The zero-order valence-electron chi connectivity index (χ0n) is 10.5. The van der Waals surface area contributed by atoms with E-state index in [9.17, 15) is 4.79 Å². The van der Waals surface area contributed by atoms with Gasteiger partial charge in [-0.3, -0.25) is 4.79 Å². The smallest absolute Gasteiger partial charge is 0.246 e. The van der Waals surface area contributed by atoms with Crippen molar-refractivity contribution in [2.24, 2.45) is 5.73 Å². The first kappa shape index (κ1) is 12.8. The normalized spacial score (nSPS) is 18.2. The number of nitrogens with zero attached hydrogens (tertiary/aromatic N) is 1. The second kappa shape index (κ2) is 5.73. The lowest BCUT2D eigenvalue weighted by Gasteiger charge is -2.38. The van der Waals surface area contributed by atoms with Crippen LogP contribution in [0.25, 0.3) is 0 Å². The van der Waals surface area contributed by atoms with E-state index in [2.05, 4.69) is 24.1 Å². The molecule has 1 fully saturated rings. The van der Waals surface area contributed by atoms with Crippen LogP contribution in [-0.4, -0.2) is 16.8 Å². The van der Waals surface area contributed by atoms with Gasteiger partial charge in [-0.05, 0) is 39.5 Å². The van der Waals surface area contributed by atoms with Gasteiger partial charge in [0.25, 0.3) is 0 Å². The number of carbonyl (C=O) groups excluding carboxylic acids is 1. The van der Waals surface area contributed by atoms with Crippen LogP contribution in [0.5, 0.6) is 0 Å². The van der Waals surface area contributed by atoms with Gasteiger partial charge < -0.3 is 10.6 Å². The number of nitrogens with two attached hydrogens (primary N) is 1. The van der Waals surface area contributed by atoms with Crippen LogP contribution in [0, 0.1) is 0 Å². The monoisotopic (exact) mass is 222 g/mol. The van der Waals surface area contributed by atoms with E-state index < -0.39 is 0 Å². The Morgan fingerprint density at radius 1 is 1.44 bits per heavy atom. The van der Waals surface area contributed by atoms with Crippen molar-refractivity contribution >= 4 is 5.91 Å². The topological polar surface area (TPSA) is 46.3 Å². The van der Waals surface area contributed by atoms with Gasteiger partial charge in [-0.1, -0.05) is 13.0 Å². The molecular weight excluding hydrogens is 200 g/mol. The molecule has 0 bridgehead atoms. The first-order valence-electron chi connectivity index (χ1n) is 6.00. The molecule has 0 radical (unpaired) electrons. The second-order valence-corrected chi connectivity index (χ2v) is 4.36. The molecule has 0 aromatic carbocycles. The number of amides is 1. The van der Waals surface area contributed by atoms with Crippen LogP contribution >= 0.6 is 0 Å². The third-order valence-corrected chi connectivity index (χ3v) is 3.27. The highest BCUT2D eigenvalue weighted by Crippen LogP contribution is 2.29. The molecule has 0 aromatic heterocycles. The predicted octanol–water partition coefficient (Wildman–Crippen LogP) is 2.54. The quantitative estimate of drug-likeness (QED) is 0.727. The maximum Gasteiger partial charge on any atom is 0.246 e. The van der Waals surface area contributed by atoms with Crippen molar-refractivity contribution in [3.63, 3.8) is 0 Å². The van der Waals surface area contributed by atoms with Crippen LogP contribution < -0.4 is 5.73 Å². The van der Waals surface area contributed by atoms with Gasteiger partial charge in [0.1, 0.15) is 0 Å². The Labute approximate surface area is 98.0 Å². The van der Waals surface area contributed by atoms with Crippen molar-refractivity contribution in [3.05, 3.63) is 23.5 Å². The van der Waals surface area contributed by atoms with E-state index in [4.69, 9.17) is 5.73 Å². The molecular formula is C13H22N2O. The molecule has 0 heterocycles. The molecule has 2 N–H and O–H groups in total. The lowest BCUT2D eigenvalue weighted by molar-refractivity contribution is -0.114. The third kappa shape index (κ3) is 2.87. The average Bonchev–Trinajstić information content (AvgIpc) is 2.18. The number of hydrogen-bond donors (Lipinski definition) is 1. The van der Waals surface area contributed by atoms with Gasteiger partial charge in [0.15, 0.2) is 0 Å². The SMILES string of the molecule is CCC=CN(C(C)=C(C)C(N)=O)C1CCC1. The van der Waals surface area contributed by atoms with Gasteiger partial charge in [0.2, 0.25) is 5.91 Å². The van der Waals surface area contributed by atoms with E-state index in [0.29, 0.717) is 11.6 Å². The van der Waals surface area contributed by atoms with Crippen molar-refractivity contribution < 1.29 is 4.79 Å². The van der Waals surface area contributed by atoms with Crippen LogP contribution in [0.1, 0.15) is 46.5 Å². The molecule has 90 valence electrons. The van der Waals surface area contributed by atoms with Gasteiger partial charge in [-0.2, -0.15) is 0 Å². The minimum atomic E-state index is -0.327. The summed E-state index contributed by atoms with van der Waals surface area (Å²) in [5, 5.41) is 0. The molecule has 0 spiro atoms. The molecule has 1 amide bonds. The van der Waals surface area contributed by atoms with E-state index in [1.54, 1.807) is 6.92 Å². The van der Waals surface area contributed by atoms with E-state index in [0.717, 1.165) is 12.1 Å². The van der Waals surface area contributed by atoms with E-state index in [1.807, 2.05) is 6.92 Å². The Kier molecular flexibility index (Phi) is 4.59. The van der Waals surface area contributed by atoms with Crippen LogP contribution in [0.4, 0.5) is 0 Å². The molecule has 3 nitrogen and oxygen atoms in total. The molecule has 0 unspecified atom stereocenters. The van der Waals surface area contributed by atoms with Crippen molar-refractivity contribution in [2.75, 3.05) is 0 Å².